The second kappa shape index (κ2) is 6.70. The molecule has 0 aliphatic carbocycles. The van der Waals surface area contributed by atoms with Gasteiger partial charge in [0, 0.05) is 23.2 Å². The van der Waals surface area contributed by atoms with Crippen LogP contribution in [0.4, 0.5) is 11.4 Å². The molecule has 0 saturated carbocycles. The minimum absolute atomic E-state index is 0.0337. The van der Waals surface area contributed by atoms with E-state index in [0.29, 0.717) is 12.3 Å². The van der Waals surface area contributed by atoms with Crippen LogP contribution >= 0.6 is 11.3 Å². The van der Waals surface area contributed by atoms with Gasteiger partial charge in [0.1, 0.15) is 0 Å². The van der Waals surface area contributed by atoms with Crippen molar-refractivity contribution in [3.8, 4) is 10.4 Å². The Balaban J connectivity index is 1.85. The summed E-state index contributed by atoms with van der Waals surface area (Å²) in [6, 6.07) is 13.3. The molecule has 1 atom stereocenters. The topological polar surface area (TPSA) is 53.8 Å². The summed E-state index contributed by atoms with van der Waals surface area (Å²) in [4.78, 5) is 31.1. The van der Waals surface area contributed by atoms with Crippen LogP contribution < -0.4 is 9.80 Å². The maximum atomic E-state index is 13.0. The number of nitrogens with zero attached hydrogens (tertiary/aromatic N) is 2. The van der Waals surface area contributed by atoms with Gasteiger partial charge in [0.25, 0.3) is 5.91 Å². The van der Waals surface area contributed by atoms with E-state index >= 15 is 0 Å². The molecular weight excluding hydrogens is 360 g/mol. The van der Waals surface area contributed by atoms with Gasteiger partial charge in [0.05, 0.1) is 23.7 Å². The molecule has 6 heteroatoms. The van der Waals surface area contributed by atoms with E-state index in [2.05, 4.69) is 19.1 Å². The Bertz CT molecular complexity index is 1010. The normalized spacial score (nSPS) is 16.3. The number of amides is 2. The molecule has 138 valence electrons. The van der Waals surface area contributed by atoms with Crippen molar-refractivity contribution in [1.82, 2.24) is 0 Å². The first-order chi connectivity index (χ1) is 13.0. The van der Waals surface area contributed by atoms with Crippen molar-refractivity contribution < 1.29 is 14.0 Å². The number of hydrogen-bond donors (Lipinski definition) is 0. The SMILES string of the molecule is CC(=O)N1c2ccc(-c3ccc(C)s3)cc2N(C(=O)c2ccco2)CC1C. The smallest absolute Gasteiger partial charge is 0.294 e. The Labute approximate surface area is 161 Å². The average molecular weight is 380 g/mol. The van der Waals surface area contributed by atoms with Crippen molar-refractivity contribution in [3.05, 3.63) is 59.4 Å². The number of carbonyl (C=O) groups is 2. The molecule has 0 N–H and O–H groups in total. The third kappa shape index (κ3) is 3.06. The maximum Gasteiger partial charge on any atom is 0.294 e. The molecule has 1 aliphatic rings. The molecule has 1 aliphatic heterocycles. The first-order valence-electron chi connectivity index (χ1n) is 8.81. The molecular formula is C21H20N2O3S. The third-order valence-electron chi connectivity index (χ3n) is 4.75. The summed E-state index contributed by atoms with van der Waals surface area (Å²) in [6.07, 6.45) is 1.49. The predicted molar refractivity (Wildman–Crippen MR) is 107 cm³/mol. The molecule has 3 aromatic rings. The molecule has 0 bridgehead atoms. The standard InChI is InChI=1S/C21H20N2O3S/c1-13-12-22(21(25)19-5-4-10-26-19)18-11-16(20-9-6-14(2)27-20)7-8-17(18)23(13)15(3)24/h4-11,13H,12H2,1-3H3. The fourth-order valence-corrected chi connectivity index (χ4v) is 4.44. The van der Waals surface area contributed by atoms with Crippen molar-refractivity contribution in [2.75, 3.05) is 16.3 Å². The van der Waals surface area contributed by atoms with Crippen LogP contribution in [0.2, 0.25) is 0 Å². The molecule has 1 unspecified atom stereocenters. The van der Waals surface area contributed by atoms with Crippen LogP contribution in [0.15, 0.2) is 53.1 Å². The molecule has 5 nitrogen and oxygen atoms in total. The van der Waals surface area contributed by atoms with Crippen molar-refractivity contribution >= 4 is 34.5 Å². The molecule has 1 aromatic carbocycles. The lowest BCUT2D eigenvalue weighted by Crippen LogP contribution is -2.51. The highest BCUT2D eigenvalue weighted by Gasteiger charge is 2.35. The lowest BCUT2D eigenvalue weighted by Gasteiger charge is -2.40. The van der Waals surface area contributed by atoms with Crippen LogP contribution in [0.5, 0.6) is 0 Å². The summed E-state index contributed by atoms with van der Waals surface area (Å²) >= 11 is 1.70. The van der Waals surface area contributed by atoms with Gasteiger partial charge < -0.3 is 14.2 Å². The monoisotopic (exact) mass is 380 g/mol. The van der Waals surface area contributed by atoms with Crippen LogP contribution in [0, 0.1) is 6.92 Å². The van der Waals surface area contributed by atoms with Gasteiger partial charge in [0.2, 0.25) is 5.91 Å². The molecule has 0 radical (unpaired) electrons. The molecule has 0 spiro atoms. The van der Waals surface area contributed by atoms with E-state index in [1.807, 2.05) is 25.1 Å². The average Bonchev–Trinajstić information content (AvgIpc) is 3.31. The van der Waals surface area contributed by atoms with E-state index < -0.39 is 0 Å². The van der Waals surface area contributed by atoms with Crippen LogP contribution in [0.1, 0.15) is 29.3 Å². The second-order valence-corrected chi connectivity index (χ2v) is 8.03. The summed E-state index contributed by atoms with van der Waals surface area (Å²) in [7, 11) is 0. The summed E-state index contributed by atoms with van der Waals surface area (Å²) < 4.78 is 5.32. The van der Waals surface area contributed by atoms with Gasteiger partial charge >= 0.3 is 0 Å². The van der Waals surface area contributed by atoms with E-state index in [-0.39, 0.29) is 17.9 Å². The highest BCUT2D eigenvalue weighted by atomic mass is 32.1. The number of rotatable bonds is 2. The van der Waals surface area contributed by atoms with E-state index in [1.165, 1.54) is 11.1 Å². The summed E-state index contributed by atoms with van der Waals surface area (Å²) in [5, 5.41) is 0. The Kier molecular flexibility index (Phi) is 4.36. The number of hydrogen-bond acceptors (Lipinski definition) is 4. The van der Waals surface area contributed by atoms with E-state index in [4.69, 9.17) is 4.42 Å². The van der Waals surface area contributed by atoms with Crippen LogP contribution in [0.25, 0.3) is 10.4 Å². The zero-order valence-corrected chi connectivity index (χ0v) is 16.2. The molecule has 0 saturated heterocycles. The molecule has 0 fully saturated rings. The maximum absolute atomic E-state index is 13.0. The number of carbonyl (C=O) groups excluding carboxylic acids is 2. The quantitative estimate of drug-likeness (QED) is 0.646. The summed E-state index contributed by atoms with van der Waals surface area (Å²) in [6.45, 7) is 5.99. The first-order valence-corrected chi connectivity index (χ1v) is 9.63. The fourth-order valence-electron chi connectivity index (χ4n) is 3.57. The van der Waals surface area contributed by atoms with E-state index in [9.17, 15) is 9.59 Å². The fraction of sp³-hybridized carbons (Fsp3) is 0.238. The largest absolute Gasteiger partial charge is 0.459 e. The van der Waals surface area contributed by atoms with Crippen molar-refractivity contribution in [2.24, 2.45) is 0 Å². The number of anilines is 2. The van der Waals surface area contributed by atoms with E-state index in [0.717, 1.165) is 21.8 Å². The molecule has 4 rings (SSSR count). The Morgan fingerprint density at radius 3 is 2.59 bits per heavy atom. The number of furan rings is 1. The van der Waals surface area contributed by atoms with E-state index in [1.54, 1.807) is 40.2 Å². The second-order valence-electron chi connectivity index (χ2n) is 6.74. The Hall–Kier alpha value is -2.86. The van der Waals surface area contributed by atoms with Gasteiger partial charge in [-0.2, -0.15) is 0 Å². The van der Waals surface area contributed by atoms with Crippen molar-refractivity contribution in [2.45, 2.75) is 26.8 Å². The van der Waals surface area contributed by atoms with Crippen molar-refractivity contribution in [3.63, 3.8) is 0 Å². The van der Waals surface area contributed by atoms with Gasteiger partial charge in [-0.1, -0.05) is 6.07 Å². The lowest BCUT2D eigenvalue weighted by atomic mass is 10.0. The van der Waals surface area contributed by atoms with Crippen LogP contribution in [0.3, 0.4) is 0 Å². The molecule has 2 amide bonds. The Morgan fingerprint density at radius 1 is 1.15 bits per heavy atom. The third-order valence-corrected chi connectivity index (χ3v) is 5.80. The van der Waals surface area contributed by atoms with Gasteiger partial charge in [-0.05, 0) is 55.8 Å². The van der Waals surface area contributed by atoms with Crippen LogP contribution in [-0.2, 0) is 4.79 Å². The predicted octanol–water partition coefficient (Wildman–Crippen LogP) is 4.72. The van der Waals surface area contributed by atoms with Gasteiger partial charge in [-0.3, -0.25) is 9.59 Å². The molecule has 27 heavy (non-hydrogen) atoms. The summed E-state index contributed by atoms with van der Waals surface area (Å²) in [5.41, 5.74) is 2.51. The number of aryl methyl sites for hydroxylation is 1. The van der Waals surface area contributed by atoms with Crippen LogP contribution in [-0.4, -0.2) is 24.4 Å². The Morgan fingerprint density at radius 2 is 1.96 bits per heavy atom. The van der Waals surface area contributed by atoms with Gasteiger partial charge in [-0.15, -0.1) is 11.3 Å². The zero-order valence-electron chi connectivity index (χ0n) is 15.4. The minimum Gasteiger partial charge on any atom is -0.459 e. The molecule has 2 aromatic heterocycles. The highest BCUT2D eigenvalue weighted by Crippen LogP contribution is 2.40. The number of fused-ring (bicyclic) bond motifs is 1. The minimum atomic E-state index is -0.198. The first kappa shape index (κ1) is 17.5. The molecule has 3 heterocycles. The van der Waals surface area contributed by atoms with Crippen molar-refractivity contribution in [1.29, 1.82) is 0 Å². The lowest BCUT2D eigenvalue weighted by molar-refractivity contribution is -0.117. The van der Waals surface area contributed by atoms with Gasteiger partial charge in [-0.25, -0.2) is 0 Å². The van der Waals surface area contributed by atoms with Gasteiger partial charge in [0.15, 0.2) is 5.76 Å². The zero-order chi connectivity index (χ0) is 19.1. The highest BCUT2D eigenvalue weighted by molar-refractivity contribution is 7.15. The summed E-state index contributed by atoms with van der Waals surface area (Å²) in [5.74, 6) is 0.0613. The number of benzene rings is 1. The number of thiophene rings is 1.